The number of aryl methyl sites for hydroxylation is 2. The molecule has 1 aromatic carbocycles. The van der Waals surface area contributed by atoms with Gasteiger partial charge in [-0.15, -0.1) is 0 Å². The molecule has 5 heteroatoms. The lowest BCUT2D eigenvalue weighted by molar-refractivity contribution is -0.136. The molecular weight excluding hydrogens is 256 g/mol. The topological polar surface area (TPSA) is 72.2 Å². The summed E-state index contributed by atoms with van der Waals surface area (Å²) in [6, 6.07) is 10.9. The van der Waals surface area contributed by atoms with E-state index < -0.39 is 5.97 Å². The zero-order valence-corrected chi connectivity index (χ0v) is 11.2. The molecule has 0 aliphatic rings. The van der Waals surface area contributed by atoms with Crippen LogP contribution in [0, 0.1) is 6.92 Å². The Labute approximate surface area is 116 Å². The molecule has 0 aliphatic heterocycles. The molecule has 104 valence electrons. The van der Waals surface area contributed by atoms with E-state index in [1.807, 2.05) is 31.2 Å². The fourth-order valence-corrected chi connectivity index (χ4v) is 1.96. The molecule has 0 atom stereocenters. The highest BCUT2D eigenvalue weighted by Crippen LogP contribution is 2.05. The number of benzene rings is 1. The lowest BCUT2D eigenvalue weighted by atomic mass is 10.1. The Bertz CT molecular complexity index is 677. The summed E-state index contributed by atoms with van der Waals surface area (Å²) in [5, 5.41) is 12.9. The smallest absolute Gasteiger partial charge is 0.303 e. The lowest BCUT2D eigenvalue weighted by Crippen LogP contribution is -2.23. The van der Waals surface area contributed by atoms with E-state index in [-0.39, 0.29) is 12.0 Å². The van der Waals surface area contributed by atoms with Gasteiger partial charge in [0.2, 0.25) is 0 Å². The largest absolute Gasteiger partial charge is 0.481 e. The number of carboxylic acids is 1. The Balaban J connectivity index is 2.20. The van der Waals surface area contributed by atoms with Gasteiger partial charge in [-0.05, 0) is 18.6 Å². The van der Waals surface area contributed by atoms with Crippen LogP contribution in [0.1, 0.15) is 23.2 Å². The summed E-state index contributed by atoms with van der Waals surface area (Å²) in [5.74, 6) is -0.872. The van der Waals surface area contributed by atoms with E-state index >= 15 is 0 Å². The van der Waals surface area contributed by atoms with Gasteiger partial charge in [-0.1, -0.05) is 29.8 Å². The fraction of sp³-hybridized carbons (Fsp3) is 0.267. The van der Waals surface area contributed by atoms with Crippen molar-refractivity contribution in [2.45, 2.75) is 26.3 Å². The van der Waals surface area contributed by atoms with Crippen LogP contribution in [0.25, 0.3) is 0 Å². The van der Waals surface area contributed by atoms with Crippen LogP contribution in [-0.4, -0.2) is 20.9 Å². The van der Waals surface area contributed by atoms with Crippen molar-refractivity contribution < 1.29 is 9.90 Å². The lowest BCUT2D eigenvalue weighted by Gasteiger charge is -2.07. The number of hydrogen-bond acceptors (Lipinski definition) is 3. The van der Waals surface area contributed by atoms with Crippen molar-refractivity contribution in [2.75, 3.05) is 0 Å². The van der Waals surface area contributed by atoms with Crippen molar-refractivity contribution in [3.63, 3.8) is 0 Å². The molecule has 2 rings (SSSR count). The molecule has 1 aromatic heterocycles. The highest BCUT2D eigenvalue weighted by atomic mass is 16.4. The molecule has 0 radical (unpaired) electrons. The molecular formula is C15H16N2O3. The van der Waals surface area contributed by atoms with Gasteiger partial charge in [-0.2, -0.15) is 5.10 Å². The average molecular weight is 272 g/mol. The first-order valence-corrected chi connectivity index (χ1v) is 6.39. The summed E-state index contributed by atoms with van der Waals surface area (Å²) in [6.45, 7) is 2.38. The first-order chi connectivity index (χ1) is 9.54. The molecule has 1 N–H and O–H groups in total. The minimum Gasteiger partial charge on any atom is -0.481 e. The van der Waals surface area contributed by atoms with Crippen LogP contribution in [-0.2, 0) is 17.8 Å². The maximum Gasteiger partial charge on any atom is 0.303 e. The quantitative estimate of drug-likeness (QED) is 0.897. The Morgan fingerprint density at radius 2 is 2.10 bits per heavy atom. The van der Waals surface area contributed by atoms with Gasteiger partial charge in [0.15, 0.2) is 0 Å². The molecule has 0 amide bonds. The van der Waals surface area contributed by atoms with Crippen molar-refractivity contribution in [2.24, 2.45) is 0 Å². The molecule has 0 unspecified atom stereocenters. The van der Waals surface area contributed by atoms with Crippen molar-refractivity contribution in [3.8, 4) is 0 Å². The van der Waals surface area contributed by atoms with Gasteiger partial charge in [-0.25, -0.2) is 4.68 Å². The standard InChI is InChI=1S/C15H16N2O3/c1-11-3-2-4-12(9-11)10-17-14(18)7-5-13(16-17)6-8-15(19)20/h2-5,7,9H,6,8,10H2,1H3,(H,19,20). The van der Waals surface area contributed by atoms with Crippen molar-refractivity contribution in [3.05, 3.63) is 63.6 Å². The van der Waals surface area contributed by atoms with Gasteiger partial charge in [0.05, 0.1) is 18.7 Å². The van der Waals surface area contributed by atoms with E-state index in [2.05, 4.69) is 5.10 Å². The van der Waals surface area contributed by atoms with Crippen molar-refractivity contribution in [1.82, 2.24) is 9.78 Å². The molecule has 0 saturated carbocycles. The second kappa shape index (κ2) is 6.14. The third kappa shape index (κ3) is 3.78. The second-order valence-electron chi connectivity index (χ2n) is 4.70. The highest BCUT2D eigenvalue weighted by molar-refractivity contribution is 5.66. The van der Waals surface area contributed by atoms with Crippen LogP contribution in [0.15, 0.2) is 41.2 Å². The van der Waals surface area contributed by atoms with E-state index in [0.29, 0.717) is 18.7 Å². The van der Waals surface area contributed by atoms with Crippen molar-refractivity contribution in [1.29, 1.82) is 0 Å². The zero-order valence-electron chi connectivity index (χ0n) is 11.2. The zero-order chi connectivity index (χ0) is 14.5. The van der Waals surface area contributed by atoms with E-state index in [1.54, 1.807) is 6.07 Å². The summed E-state index contributed by atoms with van der Waals surface area (Å²) >= 11 is 0. The monoisotopic (exact) mass is 272 g/mol. The minimum atomic E-state index is -0.872. The summed E-state index contributed by atoms with van der Waals surface area (Å²) in [4.78, 5) is 22.3. The van der Waals surface area contributed by atoms with Crippen LogP contribution in [0.2, 0.25) is 0 Å². The maximum atomic E-state index is 11.8. The van der Waals surface area contributed by atoms with E-state index in [0.717, 1.165) is 11.1 Å². The molecule has 2 aromatic rings. The number of nitrogens with zero attached hydrogens (tertiary/aromatic N) is 2. The molecule has 0 fully saturated rings. The van der Waals surface area contributed by atoms with Crippen LogP contribution in [0.5, 0.6) is 0 Å². The third-order valence-electron chi connectivity index (χ3n) is 2.93. The van der Waals surface area contributed by atoms with Crippen LogP contribution in [0.3, 0.4) is 0 Å². The van der Waals surface area contributed by atoms with Gasteiger partial charge >= 0.3 is 5.97 Å². The molecule has 0 aliphatic carbocycles. The summed E-state index contributed by atoms with van der Waals surface area (Å²) < 4.78 is 1.37. The third-order valence-corrected chi connectivity index (χ3v) is 2.93. The van der Waals surface area contributed by atoms with Gasteiger partial charge < -0.3 is 5.11 Å². The Morgan fingerprint density at radius 1 is 1.30 bits per heavy atom. The summed E-state index contributed by atoms with van der Waals surface area (Å²) in [5.41, 5.74) is 2.54. The predicted molar refractivity (Wildman–Crippen MR) is 74.7 cm³/mol. The van der Waals surface area contributed by atoms with Crippen LogP contribution < -0.4 is 5.56 Å². The second-order valence-corrected chi connectivity index (χ2v) is 4.70. The normalized spacial score (nSPS) is 10.4. The Kier molecular flexibility index (Phi) is 4.30. The number of rotatable bonds is 5. The van der Waals surface area contributed by atoms with E-state index in [1.165, 1.54) is 10.7 Å². The number of aromatic nitrogens is 2. The van der Waals surface area contributed by atoms with Gasteiger partial charge in [-0.3, -0.25) is 9.59 Å². The summed E-state index contributed by atoms with van der Waals surface area (Å²) in [6.07, 6.45) is 0.332. The SMILES string of the molecule is Cc1cccc(Cn2nc(CCC(=O)O)ccc2=O)c1. The molecule has 0 saturated heterocycles. The molecule has 0 bridgehead atoms. The number of carbonyl (C=O) groups is 1. The van der Waals surface area contributed by atoms with Crippen molar-refractivity contribution >= 4 is 5.97 Å². The molecule has 0 spiro atoms. The number of hydrogen-bond donors (Lipinski definition) is 1. The van der Waals surface area contributed by atoms with Gasteiger partial charge in [0.25, 0.3) is 5.56 Å². The van der Waals surface area contributed by atoms with Crippen LogP contribution >= 0.6 is 0 Å². The highest BCUT2D eigenvalue weighted by Gasteiger charge is 2.04. The Morgan fingerprint density at radius 3 is 2.80 bits per heavy atom. The molecule has 5 nitrogen and oxygen atoms in total. The number of carboxylic acid groups (broad SMARTS) is 1. The van der Waals surface area contributed by atoms with E-state index in [9.17, 15) is 9.59 Å². The molecule has 1 heterocycles. The molecule has 20 heavy (non-hydrogen) atoms. The first-order valence-electron chi connectivity index (χ1n) is 6.39. The van der Waals surface area contributed by atoms with Gasteiger partial charge in [0.1, 0.15) is 0 Å². The van der Waals surface area contributed by atoms with Gasteiger partial charge in [0, 0.05) is 12.5 Å². The maximum absolute atomic E-state index is 11.8. The first kappa shape index (κ1) is 14.0. The Hall–Kier alpha value is -2.43. The van der Waals surface area contributed by atoms with E-state index in [4.69, 9.17) is 5.11 Å². The minimum absolute atomic E-state index is 0.00957. The summed E-state index contributed by atoms with van der Waals surface area (Å²) in [7, 11) is 0. The predicted octanol–water partition coefficient (Wildman–Crippen LogP) is 1.62. The fourth-order valence-electron chi connectivity index (χ4n) is 1.96. The average Bonchev–Trinajstić information content (AvgIpc) is 2.39. The van der Waals surface area contributed by atoms with Crippen LogP contribution in [0.4, 0.5) is 0 Å². The number of aliphatic carboxylic acids is 1.